The first-order valence-corrected chi connectivity index (χ1v) is 7.11. The SMILES string of the molecule is COCC[C@@H](C)NC(=O)N1CCN([C@H](C)C(F)(F)F)CC1. The number of halogens is 3. The lowest BCUT2D eigenvalue weighted by Gasteiger charge is -2.38. The monoisotopic (exact) mass is 311 g/mol. The zero-order valence-corrected chi connectivity index (χ0v) is 12.7. The summed E-state index contributed by atoms with van der Waals surface area (Å²) in [5.41, 5.74) is 0. The van der Waals surface area contributed by atoms with Crippen molar-refractivity contribution in [3.63, 3.8) is 0 Å². The fraction of sp³-hybridized carbons (Fsp3) is 0.923. The predicted octanol–water partition coefficient (Wildman–Crippen LogP) is 1.69. The highest BCUT2D eigenvalue weighted by Crippen LogP contribution is 2.25. The maximum Gasteiger partial charge on any atom is 0.403 e. The average Bonchev–Trinajstić information content (AvgIpc) is 2.43. The lowest BCUT2D eigenvalue weighted by atomic mass is 10.2. The number of amides is 2. The quantitative estimate of drug-likeness (QED) is 0.840. The molecule has 0 aromatic rings. The van der Waals surface area contributed by atoms with Gasteiger partial charge in [0.05, 0.1) is 0 Å². The molecular formula is C13H24F3N3O2. The Bertz CT molecular complexity index is 331. The van der Waals surface area contributed by atoms with Gasteiger partial charge in [0.25, 0.3) is 0 Å². The molecule has 2 amide bonds. The number of methoxy groups -OCH3 is 1. The Morgan fingerprint density at radius 1 is 1.24 bits per heavy atom. The van der Waals surface area contributed by atoms with Crippen molar-refractivity contribution in [2.24, 2.45) is 0 Å². The Labute approximate surface area is 123 Å². The van der Waals surface area contributed by atoms with Crippen LogP contribution in [0, 0.1) is 0 Å². The number of carbonyl (C=O) groups excluding carboxylic acids is 1. The summed E-state index contributed by atoms with van der Waals surface area (Å²) in [7, 11) is 1.59. The van der Waals surface area contributed by atoms with Gasteiger partial charge in [-0.3, -0.25) is 4.90 Å². The number of urea groups is 1. The van der Waals surface area contributed by atoms with Crippen molar-refractivity contribution in [2.45, 2.75) is 38.5 Å². The summed E-state index contributed by atoms with van der Waals surface area (Å²) in [6.07, 6.45) is -3.52. The average molecular weight is 311 g/mol. The Hall–Kier alpha value is -1.02. The second-order valence-corrected chi connectivity index (χ2v) is 5.37. The number of alkyl halides is 3. The molecule has 1 saturated heterocycles. The van der Waals surface area contributed by atoms with Gasteiger partial charge in [0.2, 0.25) is 0 Å². The van der Waals surface area contributed by atoms with Crippen molar-refractivity contribution in [1.82, 2.24) is 15.1 Å². The van der Waals surface area contributed by atoms with E-state index < -0.39 is 12.2 Å². The third-order valence-electron chi connectivity index (χ3n) is 3.75. The number of nitrogens with zero attached hydrogens (tertiary/aromatic N) is 2. The van der Waals surface area contributed by atoms with Gasteiger partial charge in [0, 0.05) is 45.9 Å². The highest BCUT2D eigenvalue weighted by atomic mass is 19.4. The van der Waals surface area contributed by atoms with Crippen LogP contribution in [0.25, 0.3) is 0 Å². The van der Waals surface area contributed by atoms with Crippen LogP contribution in [0.3, 0.4) is 0 Å². The zero-order chi connectivity index (χ0) is 16.0. The fourth-order valence-corrected chi connectivity index (χ4v) is 2.19. The molecule has 0 radical (unpaired) electrons. The summed E-state index contributed by atoms with van der Waals surface area (Å²) in [6, 6.07) is -1.72. The summed E-state index contributed by atoms with van der Waals surface area (Å²) in [6.45, 7) is 4.67. The molecule has 21 heavy (non-hydrogen) atoms. The molecule has 0 aliphatic carbocycles. The maximum atomic E-state index is 12.6. The molecule has 8 heteroatoms. The van der Waals surface area contributed by atoms with Crippen molar-refractivity contribution in [1.29, 1.82) is 0 Å². The minimum Gasteiger partial charge on any atom is -0.385 e. The van der Waals surface area contributed by atoms with E-state index in [1.807, 2.05) is 6.92 Å². The van der Waals surface area contributed by atoms with E-state index in [1.54, 1.807) is 12.0 Å². The van der Waals surface area contributed by atoms with Crippen molar-refractivity contribution in [3.8, 4) is 0 Å². The predicted molar refractivity (Wildman–Crippen MR) is 73.1 cm³/mol. The summed E-state index contributed by atoms with van der Waals surface area (Å²) >= 11 is 0. The third-order valence-corrected chi connectivity index (χ3v) is 3.75. The van der Waals surface area contributed by atoms with E-state index in [9.17, 15) is 18.0 Å². The minimum absolute atomic E-state index is 0.0235. The van der Waals surface area contributed by atoms with Crippen molar-refractivity contribution in [2.75, 3.05) is 39.9 Å². The fourth-order valence-electron chi connectivity index (χ4n) is 2.19. The van der Waals surface area contributed by atoms with E-state index >= 15 is 0 Å². The second-order valence-electron chi connectivity index (χ2n) is 5.37. The number of nitrogens with one attached hydrogen (secondary N) is 1. The normalized spacial score (nSPS) is 20.2. The van der Waals surface area contributed by atoms with Gasteiger partial charge < -0.3 is 15.0 Å². The van der Waals surface area contributed by atoms with Crippen molar-refractivity contribution < 1.29 is 22.7 Å². The Kier molecular flexibility index (Phi) is 6.73. The molecule has 1 N–H and O–H groups in total. The van der Waals surface area contributed by atoms with E-state index in [-0.39, 0.29) is 25.2 Å². The molecule has 5 nitrogen and oxygen atoms in total. The van der Waals surface area contributed by atoms with Crippen LogP contribution in [0.15, 0.2) is 0 Å². The summed E-state index contributed by atoms with van der Waals surface area (Å²) in [4.78, 5) is 14.9. The van der Waals surface area contributed by atoms with Crippen LogP contribution < -0.4 is 5.32 Å². The van der Waals surface area contributed by atoms with E-state index in [4.69, 9.17) is 4.74 Å². The highest BCUT2D eigenvalue weighted by Gasteiger charge is 2.41. The van der Waals surface area contributed by atoms with Gasteiger partial charge in [0.15, 0.2) is 0 Å². The molecule has 0 aromatic carbocycles. The van der Waals surface area contributed by atoms with Gasteiger partial charge in [-0.05, 0) is 20.3 Å². The molecule has 1 rings (SSSR count). The third kappa shape index (κ3) is 5.70. The number of carbonyl (C=O) groups is 1. The second kappa shape index (κ2) is 7.84. The zero-order valence-electron chi connectivity index (χ0n) is 12.7. The maximum absolute atomic E-state index is 12.6. The number of hydrogen-bond acceptors (Lipinski definition) is 3. The topological polar surface area (TPSA) is 44.8 Å². The molecule has 0 spiro atoms. The van der Waals surface area contributed by atoms with Crippen LogP contribution in [-0.4, -0.2) is 74.0 Å². The van der Waals surface area contributed by atoms with Crippen LogP contribution in [-0.2, 0) is 4.74 Å². The highest BCUT2D eigenvalue weighted by molar-refractivity contribution is 5.74. The van der Waals surface area contributed by atoms with Crippen LogP contribution in [0.1, 0.15) is 20.3 Å². The molecule has 0 bridgehead atoms. The smallest absolute Gasteiger partial charge is 0.385 e. The van der Waals surface area contributed by atoms with Gasteiger partial charge in [-0.2, -0.15) is 13.2 Å². The molecule has 1 fully saturated rings. The van der Waals surface area contributed by atoms with E-state index in [2.05, 4.69) is 5.32 Å². The molecule has 1 aliphatic rings. The first-order valence-electron chi connectivity index (χ1n) is 7.11. The first-order chi connectivity index (χ1) is 9.75. The standard InChI is InChI=1S/C13H24F3N3O2/c1-10(4-9-21-3)17-12(20)19-7-5-18(6-8-19)11(2)13(14,15)16/h10-11H,4-9H2,1-3H3,(H,17,20)/t10-,11-/m1/s1. The Morgan fingerprint density at radius 2 is 1.81 bits per heavy atom. The van der Waals surface area contributed by atoms with Gasteiger partial charge in [-0.25, -0.2) is 4.79 Å². The first kappa shape index (κ1) is 18.0. The van der Waals surface area contributed by atoms with Crippen molar-refractivity contribution in [3.05, 3.63) is 0 Å². The minimum atomic E-state index is -4.22. The summed E-state index contributed by atoms with van der Waals surface area (Å²) < 4.78 is 42.8. The molecule has 124 valence electrons. The lowest BCUT2D eigenvalue weighted by Crippen LogP contribution is -2.57. The lowest BCUT2D eigenvalue weighted by molar-refractivity contribution is -0.181. The van der Waals surface area contributed by atoms with Gasteiger partial charge in [-0.1, -0.05) is 0 Å². The van der Waals surface area contributed by atoms with E-state index in [0.717, 1.165) is 6.92 Å². The van der Waals surface area contributed by atoms with Crippen molar-refractivity contribution >= 4 is 6.03 Å². The Balaban J connectivity index is 2.37. The number of rotatable bonds is 5. The molecule has 0 unspecified atom stereocenters. The Morgan fingerprint density at radius 3 is 2.29 bits per heavy atom. The van der Waals surface area contributed by atoms with Crippen LogP contribution in [0.2, 0.25) is 0 Å². The molecule has 0 saturated carbocycles. The van der Waals surface area contributed by atoms with Crippen LogP contribution >= 0.6 is 0 Å². The summed E-state index contributed by atoms with van der Waals surface area (Å²) in [5.74, 6) is 0. The molecule has 1 aliphatic heterocycles. The van der Waals surface area contributed by atoms with Gasteiger partial charge in [-0.15, -0.1) is 0 Å². The molecular weight excluding hydrogens is 287 g/mol. The van der Waals surface area contributed by atoms with Crippen LogP contribution in [0.4, 0.5) is 18.0 Å². The number of hydrogen-bond donors (Lipinski definition) is 1. The largest absolute Gasteiger partial charge is 0.403 e. The van der Waals surface area contributed by atoms with E-state index in [1.165, 1.54) is 4.90 Å². The molecule has 0 aromatic heterocycles. The molecule has 1 heterocycles. The molecule has 2 atom stereocenters. The summed E-state index contributed by atoms with van der Waals surface area (Å²) in [5, 5.41) is 2.82. The van der Waals surface area contributed by atoms with Gasteiger partial charge >= 0.3 is 12.2 Å². The van der Waals surface area contributed by atoms with Crippen LogP contribution in [0.5, 0.6) is 0 Å². The van der Waals surface area contributed by atoms with E-state index in [0.29, 0.717) is 26.1 Å². The number of piperazine rings is 1. The van der Waals surface area contributed by atoms with Gasteiger partial charge in [0.1, 0.15) is 6.04 Å². The number of ether oxygens (including phenoxy) is 1.